The molecule has 2 aromatic rings. The predicted molar refractivity (Wildman–Crippen MR) is 76.9 cm³/mol. The zero-order valence-corrected chi connectivity index (χ0v) is 11.6. The van der Waals surface area contributed by atoms with E-state index in [1.807, 2.05) is 23.6 Å². The van der Waals surface area contributed by atoms with Gasteiger partial charge in [0.05, 0.1) is 22.0 Å². The molecule has 3 rings (SSSR count). The molecule has 0 radical (unpaired) electrons. The van der Waals surface area contributed by atoms with E-state index in [0.717, 1.165) is 31.8 Å². The first-order valence-electron chi connectivity index (χ1n) is 6.62. The monoisotopic (exact) mass is 277 g/mol. The van der Waals surface area contributed by atoms with E-state index in [0.29, 0.717) is 15.9 Å². The van der Waals surface area contributed by atoms with Crippen molar-refractivity contribution in [2.24, 2.45) is 0 Å². The first-order chi connectivity index (χ1) is 9.22. The van der Waals surface area contributed by atoms with E-state index in [2.05, 4.69) is 10.3 Å². The van der Waals surface area contributed by atoms with Gasteiger partial charge in [0, 0.05) is 13.0 Å². The minimum atomic E-state index is -0.0128. The third kappa shape index (κ3) is 2.05. The molecule has 0 spiro atoms. The lowest BCUT2D eigenvalue weighted by Gasteiger charge is -2.18. The van der Waals surface area contributed by atoms with Gasteiger partial charge >= 0.3 is 0 Å². The number of nitrogens with one attached hydrogen (secondary N) is 1. The van der Waals surface area contributed by atoms with Crippen molar-refractivity contribution >= 4 is 22.5 Å². The molecule has 1 aromatic heterocycles. The van der Waals surface area contributed by atoms with Crippen molar-refractivity contribution < 1.29 is 0 Å². The van der Waals surface area contributed by atoms with Crippen LogP contribution in [-0.4, -0.2) is 22.6 Å². The summed E-state index contributed by atoms with van der Waals surface area (Å²) in [7, 11) is 0. The second kappa shape index (κ2) is 4.94. The third-order valence-electron chi connectivity index (χ3n) is 3.67. The van der Waals surface area contributed by atoms with Crippen LogP contribution in [0.2, 0.25) is 5.02 Å². The fourth-order valence-electron chi connectivity index (χ4n) is 2.73. The quantitative estimate of drug-likeness (QED) is 0.915. The molecular weight excluding hydrogens is 262 g/mol. The Bertz CT molecular complexity index is 674. The number of aromatic nitrogens is 2. The highest BCUT2D eigenvalue weighted by molar-refractivity contribution is 6.35. The van der Waals surface area contributed by atoms with Crippen molar-refractivity contribution in [2.75, 3.05) is 13.1 Å². The van der Waals surface area contributed by atoms with Crippen molar-refractivity contribution in [1.29, 1.82) is 0 Å². The minimum Gasteiger partial charge on any atom is -0.315 e. The summed E-state index contributed by atoms with van der Waals surface area (Å²) in [5, 5.41) is 4.31. The van der Waals surface area contributed by atoms with Gasteiger partial charge in [-0.3, -0.25) is 9.36 Å². The van der Waals surface area contributed by atoms with Crippen LogP contribution in [0.1, 0.15) is 25.2 Å². The van der Waals surface area contributed by atoms with E-state index in [4.69, 9.17) is 11.6 Å². The summed E-state index contributed by atoms with van der Waals surface area (Å²) >= 11 is 6.17. The van der Waals surface area contributed by atoms with E-state index in [9.17, 15) is 4.79 Å². The van der Waals surface area contributed by atoms with Crippen LogP contribution in [-0.2, 0) is 6.42 Å². The Morgan fingerprint density at radius 1 is 1.53 bits per heavy atom. The fraction of sp³-hybridized carbons (Fsp3) is 0.429. The Morgan fingerprint density at radius 2 is 2.37 bits per heavy atom. The van der Waals surface area contributed by atoms with Crippen molar-refractivity contribution in [2.45, 2.75) is 25.8 Å². The van der Waals surface area contributed by atoms with Gasteiger partial charge in [-0.15, -0.1) is 0 Å². The number of aryl methyl sites for hydroxylation is 1. The first-order valence-corrected chi connectivity index (χ1v) is 7.00. The smallest absolute Gasteiger partial charge is 0.263 e. The van der Waals surface area contributed by atoms with Gasteiger partial charge in [-0.1, -0.05) is 24.6 Å². The van der Waals surface area contributed by atoms with Crippen LogP contribution < -0.4 is 10.9 Å². The number of nitrogens with zero attached hydrogens (tertiary/aromatic N) is 2. The van der Waals surface area contributed by atoms with Gasteiger partial charge in [0.25, 0.3) is 5.56 Å². The molecule has 1 saturated heterocycles. The van der Waals surface area contributed by atoms with Gasteiger partial charge in [-0.2, -0.15) is 0 Å². The third-order valence-corrected chi connectivity index (χ3v) is 3.98. The molecule has 1 aliphatic heterocycles. The molecule has 1 atom stereocenters. The number of fused-ring (bicyclic) bond motifs is 1. The van der Waals surface area contributed by atoms with Crippen LogP contribution in [0.25, 0.3) is 10.9 Å². The van der Waals surface area contributed by atoms with Crippen molar-refractivity contribution in [3.63, 3.8) is 0 Å². The zero-order chi connectivity index (χ0) is 13.4. The molecule has 100 valence electrons. The topological polar surface area (TPSA) is 46.9 Å². The molecule has 0 bridgehead atoms. The number of rotatable bonds is 2. The maximum Gasteiger partial charge on any atom is 0.263 e. The lowest BCUT2D eigenvalue weighted by molar-refractivity contribution is 0.502. The standard InChI is InChI=1S/C14H16ClN3O/c1-2-12-17-11-5-3-4-10(15)13(11)14(19)18(12)9-6-7-16-8-9/h3-5,9,16H,2,6-8H2,1H3/t9-/m0/s1. The molecule has 19 heavy (non-hydrogen) atoms. The average molecular weight is 278 g/mol. The van der Waals surface area contributed by atoms with Gasteiger partial charge < -0.3 is 5.32 Å². The summed E-state index contributed by atoms with van der Waals surface area (Å²) < 4.78 is 1.83. The highest BCUT2D eigenvalue weighted by Crippen LogP contribution is 2.22. The number of hydrogen-bond acceptors (Lipinski definition) is 3. The Kier molecular flexibility index (Phi) is 3.29. The van der Waals surface area contributed by atoms with E-state index in [1.165, 1.54) is 0 Å². The SMILES string of the molecule is CCc1nc2cccc(Cl)c2c(=O)n1[C@H]1CCNC1. The van der Waals surface area contributed by atoms with Crippen LogP contribution in [0.3, 0.4) is 0 Å². The summed E-state index contributed by atoms with van der Waals surface area (Å²) in [4.78, 5) is 17.3. The van der Waals surface area contributed by atoms with Crippen LogP contribution in [0.5, 0.6) is 0 Å². The molecule has 1 fully saturated rings. The molecule has 1 N–H and O–H groups in total. The zero-order valence-electron chi connectivity index (χ0n) is 10.8. The van der Waals surface area contributed by atoms with Crippen molar-refractivity contribution in [3.8, 4) is 0 Å². The summed E-state index contributed by atoms with van der Waals surface area (Å²) in [5.74, 6) is 0.841. The van der Waals surface area contributed by atoms with E-state index in [-0.39, 0.29) is 11.6 Å². The van der Waals surface area contributed by atoms with Crippen LogP contribution in [0.4, 0.5) is 0 Å². The molecule has 4 nitrogen and oxygen atoms in total. The van der Waals surface area contributed by atoms with Gasteiger partial charge in [-0.25, -0.2) is 4.98 Å². The molecule has 1 aliphatic rings. The Labute approximate surface area is 116 Å². The van der Waals surface area contributed by atoms with E-state index >= 15 is 0 Å². The number of benzene rings is 1. The summed E-state index contributed by atoms with van der Waals surface area (Å²) in [5.41, 5.74) is 0.678. The number of halogens is 1. The van der Waals surface area contributed by atoms with E-state index < -0.39 is 0 Å². The largest absolute Gasteiger partial charge is 0.315 e. The lowest BCUT2D eigenvalue weighted by Crippen LogP contribution is -2.30. The lowest BCUT2D eigenvalue weighted by atomic mass is 10.2. The Hall–Kier alpha value is -1.39. The Balaban J connectivity index is 2.33. The highest BCUT2D eigenvalue weighted by Gasteiger charge is 2.22. The predicted octanol–water partition coefficient (Wildman–Crippen LogP) is 2.15. The second-order valence-electron chi connectivity index (χ2n) is 4.84. The first kappa shape index (κ1) is 12.6. The van der Waals surface area contributed by atoms with Crippen LogP contribution in [0, 0.1) is 0 Å². The normalized spacial score (nSPS) is 19.2. The van der Waals surface area contributed by atoms with Crippen LogP contribution >= 0.6 is 11.6 Å². The van der Waals surface area contributed by atoms with Gasteiger partial charge in [0.15, 0.2) is 0 Å². The maximum atomic E-state index is 12.7. The molecule has 0 amide bonds. The van der Waals surface area contributed by atoms with Gasteiger partial charge in [-0.05, 0) is 25.1 Å². The maximum absolute atomic E-state index is 12.7. The number of hydrogen-bond donors (Lipinski definition) is 1. The van der Waals surface area contributed by atoms with E-state index in [1.54, 1.807) is 6.07 Å². The van der Waals surface area contributed by atoms with Crippen LogP contribution in [0.15, 0.2) is 23.0 Å². The van der Waals surface area contributed by atoms with Gasteiger partial charge in [0.2, 0.25) is 0 Å². The molecule has 1 aromatic carbocycles. The van der Waals surface area contributed by atoms with Crippen molar-refractivity contribution in [3.05, 3.63) is 39.4 Å². The second-order valence-corrected chi connectivity index (χ2v) is 5.24. The highest BCUT2D eigenvalue weighted by atomic mass is 35.5. The molecule has 0 aliphatic carbocycles. The molecule has 2 heterocycles. The molecule has 5 heteroatoms. The molecule has 0 saturated carbocycles. The van der Waals surface area contributed by atoms with Crippen molar-refractivity contribution in [1.82, 2.24) is 14.9 Å². The Morgan fingerprint density at radius 3 is 3.05 bits per heavy atom. The van der Waals surface area contributed by atoms with Gasteiger partial charge in [0.1, 0.15) is 5.82 Å². The average Bonchev–Trinajstić information content (AvgIpc) is 2.91. The minimum absolute atomic E-state index is 0.0128. The summed E-state index contributed by atoms with van der Waals surface area (Å²) in [6.07, 6.45) is 1.71. The molecule has 0 unspecified atom stereocenters. The summed E-state index contributed by atoms with van der Waals surface area (Å²) in [6.45, 7) is 3.79. The fourth-order valence-corrected chi connectivity index (χ4v) is 2.98. The molecular formula is C14H16ClN3O. The summed E-state index contributed by atoms with van der Waals surface area (Å²) in [6, 6.07) is 5.61.